The van der Waals surface area contributed by atoms with Crippen LogP contribution in [0.25, 0.3) is 0 Å². The van der Waals surface area contributed by atoms with Crippen molar-refractivity contribution in [3.05, 3.63) is 53.3 Å². The van der Waals surface area contributed by atoms with Gasteiger partial charge in [0.2, 0.25) is 0 Å². The predicted molar refractivity (Wildman–Crippen MR) is 108 cm³/mol. The second-order valence-electron chi connectivity index (χ2n) is 7.45. The maximum Gasteiger partial charge on any atom is 0.183 e. The summed E-state index contributed by atoms with van der Waals surface area (Å²) in [6.07, 6.45) is 5.47. The third kappa shape index (κ3) is 4.79. The van der Waals surface area contributed by atoms with Gasteiger partial charge in [-0.15, -0.1) is 0 Å². The van der Waals surface area contributed by atoms with Crippen LogP contribution in [0.5, 0.6) is 11.5 Å². The molecule has 1 fully saturated rings. The lowest BCUT2D eigenvalue weighted by molar-refractivity contribution is 0.137. The summed E-state index contributed by atoms with van der Waals surface area (Å²) >= 11 is 0. The Kier molecular flexibility index (Phi) is 6.69. The van der Waals surface area contributed by atoms with Gasteiger partial charge in [0.05, 0.1) is 14.2 Å². The second kappa shape index (κ2) is 9.20. The van der Waals surface area contributed by atoms with Gasteiger partial charge in [-0.2, -0.15) is 0 Å². The average Bonchev–Trinajstić information content (AvgIpc) is 2.68. The lowest BCUT2D eigenvalue weighted by atomic mass is 9.94. The standard InChI is InChI=1S/C22H31N3O2/c1-24(2)15-17-8-10-18(11-9-17)20-7-5-6-14-25(20)16-19-22(27-4)21(26-3)12-13-23-19/h8-13,20H,5-7,14-16H2,1-4H3. The summed E-state index contributed by atoms with van der Waals surface area (Å²) in [6.45, 7) is 2.82. The molecule has 0 bridgehead atoms. The van der Waals surface area contributed by atoms with E-state index in [0.29, 0.717) is 6.04 Å². The number of methoxy groups -OCH3 is 2. The molecule has 5 heteroatoms. The molecule has 1 unspecified atom stereocenters. The molecule has 1 saturated heterocycles. The minimum atomic E-state index is 0.421. The first-order chi connectivity index (χ1) is 13.1. The summed E-state index contributed by atoms with van der Waals surface area (Å²) in [5.74, 6) is 1.48. The Bertz CT molecular complexity index is 731. The maximum atomic E-state index is 5.58. The zero-order valence-corrected chi connectivity index (χ0v) is 16.9. The number of piperidine rings is 1. The molecule has 1 aliphatic heterocycles. The molecule has 1 aromatic carbocycles. The Morgan fingerprint density at radius 1 is 1.07 bits per heavy atom. The molecule has 0 amide bonds. The van der Waals surface area contributed by atoms with Crippen molar-refractivity contribution in [2.45, 2.75) is 38.4 Å². The summed E-state index contributed by atoms with van der Waals surface area (Å²) in [5, 5.41) is 0. The van der Waals surface area contributed by atoms with Gasteiger partial charge in [0.1, 0.15) is 5.69 Å². The summed E-state index contributed by atoms with van der Waals surface area (Å²) in [4.78, 5) is 9.29. The van der Waals surface area contributed by atoms with Gasteiger partial charge >= 0.3 is 0 Å². The van der Waals surface area contributed by atoms with Gasteiger partial charge in [-0.05, 0) is 44.6 Å². The van der Waals surface area contributed by atoms with Crippen molar-refractivity contribution in [2.75, 3.05) is 34.9 Å². The fraction of sp³-hybridized carbons (Fsp3) is 0.500. The monoisotopic (exact) mass is 369 g/mol. The molecule has 0 saturated carbocycles. The number of nitrogens with zero attached hydrogens (tertiary/aromatic N) is 3. The van der Waals surface area contributed by atoms with Crippen molar-refractivity contribution < 1.29 is 9.47 Å². The normalized spacial score (nSPS) is 17.9. The van der Waals surface area contributed by atoms with Crippen molar-refractivity contribution in [3.8, 4) is 11.5 Å². The Hall–Kier alpha value is -2.11. The van der Waals surface area contributed by atoms with E-state index < -0.39 is 0 Å². The smallest absolute Gasteiger partial charge is 0.183 e. The highest BCUT2D eigenvalue weighted by Gasteiger charge is 2.26. The summed E-state index contributed by atoms with van der Waals surface area (Å²) < 4.78 is 11.0. The molecule has 3 rings (SSSR count). The number of rotatable bonds is 7. The third-order valence-corrected chi connectivity index (χ3v) is 5.20. The first-order valence-electron chi connectivity index (χ1n) is 9.66. The van der Waals surface area contributed by atoms with Gasteiger partial charge in [-0.1, -0.05) is 30.7 Å². The number of pyridine rings is 1. The molecule has 1 atom stereocenters. The lowest BCUT2D eigenvalue weighted by Crippen LogP contribution is -2.33. The van der Waals surface area contributed by atoms with Crippen molar-refractivity contribution >= 4 is 0 Å². The van der Waals surface area contributed by atoms with Crippen LogP contribution in [0.1, 0.15) is 42.1 Å². The highest BCUT2D eigenvalue weighted by molar-refractivity contribution is 5.42. The molecule has 0 radical (unpaired) electrons. The van der Waals surface area contributed by atoms with Crippen molar-refractivity contribution in [3.63, 3.8) is 0 Å². The minimum absolute atomic E-state index is 0.421. The van der Waals surface area contributed by atoms with E-state index in [1.165, 1.54) is 30.4 Å². The molecule has 2 aromatic rings. The molecule has 1 aliphatic rings. The quantitative estimate of drug-likeness (QED) is 0.740. The number of hydrogen-bond acceptors (Lipinski definition) is 5. The van der Waals surface area contributed by atoms with Crippen LogP contribution in [-0.4, -0.2) is 49.6 Å². The van der Waals surface area contributed by atoms with Gasteiger partial charge in [-0.25, -0.2) is 0 Å². The van der Waals surface area contributed by atoms with Gasteiger partial charge in [-0.3, -0.25) is 9.88 Å². The largest absolute Gasteiger partial charge is 0.493 e. The van der Waals surface area contributed by atoms with Crippen LogP contribution in [0.4, 0.5) is 0 Å². The zero-order valence-electron chi connectivity index (χ0n) is 16.9. The Morgan fingerprint density at radius 3 is 2.52 bits per heavy atom. The molecule has 27 heavy (non-hydrogen) atoms. The molecular formula is C22H31N3O2. The molecule has 0 spiro atoms. The highest BCUT2D eigenvalue weighted by atomic mass is 16.5. The number of aromatic nitrogens is 1. The number of benzene rings is 1. The maximum absolute atomic E-state index is 5.58. The van der Waals surface area contributed by atoms with Crippen LogP contribution >= 0.6 is 0 Å². The van der Waals surface area contributed by atoms with E-state index in [9.17, 15) is 0 Å². The Balaban J connectivity index is 1.80. The van der Waals surface area contributed by atoms with Crippen molar-refractivity contribution in [2.24, 2.45) is 0 Å². The summed E-state index contributed by atoms with van der Waals surface area (Å²) in [6, 6.07) is 11.4. The van der Waals surface area contributed by atoms with Gasteiger partial charge in [0.25, 0.3) is 0 Å². The van der Waals surface area contributed by atoms with Crippen LogP contribution in [0.3, 0.4) is 0 Å². The highest BCUT2D eigenvalue weighted by Crippen LogP contribution is 2.35. The van der Waals surface area contributed by atoms with Crippen molar-refractivity contribution in [1.82, 2.24) is 14.8 Å². The van der Waals surface area contributed by atoms with Crippen LogP contribution < -0.4 is 9.47 Å². The van der Waals surface area contributed by atoms with Crippen LogP contribution in [0, 0.1) is 0 Å². The van der Waals surface area contributed by atoms with E-state index in [1.54, 1.807) is 20.4 Å². The predicted octanol–water partition coefficient (Wildman–Crippen LogP) is 3.89. The van der Waals surface area contributed by atoms with E-state index in [0.717, 1.165) is 36.8 Å². The fourth-order valence-corrected chi connectivity index (χ4v) is 3.92. The Morgan fingerprint density at radius 2 is 1.85 bits per heavy atom. The molecular weight excluding hydrogens is 338 g/mol. The molecule has 0 aliphatic carbocycles. The van der Waals surface area contributed by atoms with Crippen molar-refractivity contribution in [1.29, 1.82) is 0 Å². The molecule has 0 N–H and O–H groups in total. The zero-order chi connectivity index (χ0) is 19.2. The average molecular weight is 370 g/mol. The van der Waals surface area contributed by atoms with E-state index in [2.05, 4.69) is 53.1 Å². The SMILES string of the molecule is COc1ccnc(CN2CCCCC2c2ccc(CN(C)C)cc2)c1OC. The summed E-state index contributed by atoms with van der Waals surface area (Å²) in [7, 11) is 7.55. The fourth-order valence-electron chi connectivity index (χ4n) is 3.92. The van der Waals surface area contributed by atoms with E-state index in [1.807, 2.05) is 6.07 Å². The first-order valence-corrected chi connectivity index (χ1v) is 9.66. The topological polar surface area (TPSA) is 37.8 Å². The van der Waals surface area contributed by atoms with Crippen LogP contribution in [0.15, 0.2) is 36.5 Å². The van der Waals surface area contributed by atoms with Crippen LogP contribution in [-0.2, 0) is 13.1 Å². The molecule has 5 nitrogen and oxygen atoms in total. The van der Waals surface area contributed by atoms with E-state index in [-0.39, 0.29) is 0 Å². The molecule has 2 heterocycles. The molecule has 146 valence electrons. The van der Waals surface area contributed by atoms with Gasteiger partial charge in [0, 0.05) is 31.4 Å². The summed E-state index contributed by atoms with van der Waals surface area (Å²) in [5.41, 5.74) is 3.68. The van der Waals surface area contributed by atoms with E-state index >= 15 is 0 Å². The van der Waals surface area contributed by atoms with Crippen LogP contribution in [0.2, 0.25) is 0 Å². The third-order valence-electron chi connectivity index (χ3n) is 5.20. The second-order valence-corrected chi connectivity index (χ2v) is 7.45. The molecule has 1 aromatic heterocycles. The Labute approximate surface area is 162 Å². The lowest BCUT2D eigenvalue weighted by Gasteiger charge is -2.36. The van der Waals surface area contributed by atoms with E-state index in [4.69, 9.17) is 9.47 Å². The number of likely N-dealkylation sites (tertiary alicyclic amines) is 1. The number of hydrogen-bond donors (Lipinski definition) is 0. The first kappa shape index (κ1) is 19.6. The van der Waals surface area contributed by atoms with Gasteiger partial charge < -0.3 is 14.4 Å². The minimum Gasteiger partial charge on any atom is -0.493 e. The number of ether oxygens (including phenoxy) is 2. The van der Waals surface area contributed by atoms with Gasteiger partial charge in [0.15, 0.2) is 11.5 Å².